The van der Waals surface area contributed by atoms with Crippen molar-refractivity contribution in [1.82, 2.24) is 14.9 Å². The van der Waals surface area contributed by atoms with Crippen molar-refractivity contribution in [2.24, 2.45) is 7.05 Å². The van der Waals surface area contributed by atoms with Crippen LogP contribution in [-0.4, -0.2) is 33.3 Å². The lowest BCUT2D eigenvalue weighted by Gasteiger charge is -2.30. The number of aliphatic hydroxyl groups is 1. The maximum Gasteiger partial charge on any atom is 0.424 e. The molecule has 0 saturated carbocycles. The van der Waals surface area contributed by atoms with Crippen LogP contribution < -0.4 is 5.32 Å². The van der Waals surface area contributed by atoms with E-state index < -0.39 is 42.3 Å². The number of alkyl halides is 3. The van der Waals surface area contributed by atoms with Crippen molar-refractivity contribution in [2.45, 2.75) is 18.2 Å². The second kappa shape index (κ2) is 7.12. The van der Waals surface area contributed by atoms with Crippen LogP contribution in [0.1, 0.15) is 22.6 Å². The van der Waals surface area contributed by atoms with Gasteiger partial charge in [0.15, 0.2) is 0 Å². The van der Waals surface area contributed by atoms with E-state index in [1.807, 2.05) is 0 Å². The summed E-state index contributed by atoms with van der Waals surface area (Å²) in [5.41, 5.74) is -3.56. The van der Waals surface area contributed by atoms with Crippen LogP contribution >= 0.6 is 15.9 Å². The van der Waals surface area contributed by atoms with Crippen molar-refractivity contribution in [2.75, 3.05) is 6.54 Å². The Kier molecular flexibility index (Phi) is 5.52. The van der Waals surface area contributed by atoms with Gasteiger partial charge < -0.3 is 15.0 Å². The van der Waals surface area contributed by atoms with Gasteiger partial charge in [-0.05, 0) is 18.2 Å². The SMILES string of the molecule is Cn1ccnc1C(O)(CCNC(=O)c1cc(Br)ccc1F)C(F)(F)F. The van der Waals surface area contributed by atoms with Crippen LogP contribution in [0.15, 0.2) is 35.1 Å². The summed E-state index contributed by atoms with van der Waals surface area (Å²) in [6.45, 7) is -0.534. The van der Waals surface area contributed by atoms with Crippen molar-refractivity contribution in [3.63, 3.8) is 0 Å². The van der Waals surface area contributed by atoms with Crippen LogP contribution in [0.3, 0.4) is 0 Å². The van der Waals surface area contributed by atoms with Crippen molar-refractivity contribution < 1.29 is 27.5 Å². The number of nitrogens with zero attached hydrogens (tertiary/aromatic N) is 2. The number of halogens is 5. The fraction of sp³-hybridized carbons (Fsp3) is 0.333. The van der Waals surface area contributed by atoms with Crippen LogP contribution in [-0.2, 0) is 12.6 Å². The monoisotopic (exact) mass is 423 g/mol. The molecule has 0 aliphatic carbocycles. The molecule has 2 rings (SSSR count). The molecule has 5 nitrogen and oxygen atoms in total. The van der Waals surface area contributed by atoms with E-state index in [4.69, 9.17) is 0 Å². The molecule has 136 valence electrons. The molecule has 0 saturated heterocycles. The van der Waals surface area contributed by atoms with Crippen molar-refractivity contribution in [3.05, 3.63) is 52.3 Å². The third-order valence-corrected chi connectivity index (χ3v) is 4.10. The van der Waals surface area contributed by atoms with E-state index in [-0.39, 0.29) is 5.56 Å². The van der Waals surface area contributed by atoms with Crippen molar-refractivity contribution >= 4 is 21.8 Å². The Bertz CT molecular complexity index is 778. The summed E-state index contributed by atoms with van der Waals surface area (Å²) in [7, 11) is 1.31. The molecular weight excluding hydrogens is 410 g/mol. The van der Waals surface area contributed by atoms with Gasteiger partial charge in [-0.1, -0.05) is 15.9 Å². The number of rotatable bonds is 5. The number of aryl methyl sites for hydroxylation is 1. The zero-order chi connectivity index (χ0) is 18.8. The minimum Gasteiger partial charge on any atom is -0.374 e. The highest BCUT2D eigenvalue weighted by Gasteiger charge is 2.57. The minimum absolute atomic E-state index is 0.318. The molecule has 1 heterocycles. The van der Waals surface area contributed by atoms with Gasteiger partial charge in [-0.3, -0.25) is 4.79 Å². The first-order valence-corrected chi connectivity index (χ1v) is 7.85. The van der Waals surface area contributed by atoms with Gasteiger partial charge in [-0.15, -0.1) is 0 Å². The largest absolute Gasteiger partial charge is 0.424 e. The van der Waals surface area contributed by atoms with E-state index in [2.05, 4.69) is 26.2 Å². The third-order valence-electron chi connectivity index (χ3n) is 3.61. The quantitative estimate of drug-likeness (QED) is 0.726. The highest BCUT2D eigenvalue weighted by molar-refractivity contribution is 9.10. The molecule has 1 aromatic heterocycles. The molecule has 1 atom stereocenters. The number of hydrogen-bond donors (Lipinski definition) is 2. The molecule has 1 aromatic carbocycles. The molecule has 10 heteroatoms. The standard InChI is InChI=1S/C15H14BrF4N3O2/c1-23-7-6-22-13(23)14(25,15(18,19)20)4-5-21-12(24)10-8-9(16)2-3-11(10)17/h2-3,6-8,25H,4-5H2,1H3,(H,21,24). The number of hydrogen-bond acceptors (Lipinski definition) is 3. The number of amides is 1. The number of aromatic nitrogens is 2. The normalized spacial score (nSPS) is 14.2. The van der Waals surface area contributed by atoms with Gasteiger partial charge in [-0.2, -0.15) is 13.2 Å². The van der Waals surface area contributed by atoms with Gasteiger partial charge in [0.1, 0.15) is 11.6 Å². The average molecular weight is 424 g/mol. The molecule has 0 aliphatic heterocycles. The Hall–Kier alpha value is -1.94. The zero-order valence-electron chi connectivity index (χ0n) is 12.9. The van der Waals surface area contributed by atoms with Gasteiger partial charge in [-0.25, -0.2) is 9.37 Å². The smallest absolute Gasteiger partial charge is 0.374 e. The van der Waals surface area contributed by atoms with Crippen LogP contribution in [0.5, 0.6) is 0 Å². The van der Waals surface area contributed by atoms with Crippen LogP contribution in [0.25, 0.3) is 0 Å². The maximum absolute atomic E-state index is 13.6. The fourth-order valence-corrected chi connectivity index (χ4v) is 2.63. The Morgan fingerprint density at radius 3 is 2.64 bits per heavy atom. The van der Waals surface area contributed by atoms with E-state index in [0.717, 1.165) is 16.8 Å². The van der Waals surface area contributed by atoms with E-state index in [1.165, 1.54) is 25.4 Å². The molecule has 0 bridgehead atoms. The van der Waals surface area contributed by atoms with Crippen molar-refractivity contribution in [1.29, 1.82) is 0 Å². The van der Waals surface area contributed by atoms with Crippen molar-refractivity contribution in [3.8, 4) is 0 Å². The molecule has 0 fully saturated rings. The van der Waals surface area contributed by atoms with Crippen LogP contribution in [0.2, 0.25) is 0 Å². The van der Waals surface area contributed by atoms with E-state index >= 15 is 0 Å². The molecule has 25 heavy (non-hydrogen) atoms. The Labute approximate surface area is 148 Å². The summed E-state index contributed by atoms with van der Waals surface area (Å²) >= 11 is 3.08. The number of imidazole rings is 1. The maximum atomic E-state index is 13.6. The molecule has 0 aliphatic rings. The van der Waals surface area contributed by atoms with Crippen LogP contribution in [0, 0.1) is 5.82 Å². The summed E-state index contributed by atoms with van der Waals surface area (Å²) in [5, 5.41) is 12.3. The van der Waals surface area contributed by atoms with Crippen LogP contribution in [0.4, 0.5) is 17.6 Å². The lowest BCUT2D eigenvalue weighted by molar-refractivity contribution is -0.272. The second-order valence-electron chi connectivity index (χ2n) is 5.35. The summed E-state index contributed by atoms with van der Waals surface area (Å²) in [5.74, 6) is -2.29. The summed E-state index contributed by atoms with van der Waals surface area (Å²) in [6.07, 6.45) is -3.48. The second-order valence-corrected chi connectivity index (χ2v) is 6.27. The molecular formula is C15H14BrF4N3O2. The predicted octanol–water partition coefficient (Wildman–Crippen LogP) is 2.89. The summed E-state index contributed by atoms with van der Waals surface area (Å²) in [4.78, 5) is 15.5. The van der Waals surface area contributed by atoms with E-state index in [9.17, 15) is 27.5 Å². The highest BCUT2D eigenvalue weighted by atomic mass is 79.9. The lowest BCUT2D eigenvalue weighted by Crippen LogP contribution is -2.46. The molecule has 2 aromatic rings. The molecule has 1 amide bonds. The highest BCUT2D eigenvalue weighted by Crippen LogP contribution is 2.40. The molecule has 0 radical (unpaired) electrons. The predicted molar refractivity (Wildman–Crippen MR) is 84.2 cm³/mol. The summed E-state index contributed by atoms with van der Waals surface area (Å²) < 4.78 is 55.1. The first kappa shape index (κ1) is 19.4. The van der Waals surface area contributed by atoms with Gasteiger partial charge in [0.05, 0.1) is 5.56 Å². The molecule has 0 spiro atoms. The fourth-order valence-electron chi connectivity index (χ4n) is 2.27. The number of carbonyl (C=O) groups is 1. The number of carbonyl (C=O) groups excluding carboxylic acids is 1. The minimum atomic E-state index is -5.00. The Morgan fingerprint density at radius 2 is 2.08 bits per heavy atom. The first-order valence-electron chi connectivity index (χ1n) is 7.06. The molecule has 1 unspecified atom stereocenters. The van der Waals surface area contributed by atoms with E-state index in [0.29, 0.717) is 4.47 Å². The summed E-state index contributed by atoms with van der Waals surface area (Å²) in [6, 6.07) is 3.65. The number of benzene rings is 1. The van der Waals surface area contributed by atoms with Gasteiger partial charge in [0, 0.05) is 36.9 Å². The first-order chi connectivity index (χ1) is 11.6. The van der Waals surface area contributed by atoms with Gasteiger partial charge in [0.25, 0.3) is 5.91 Å². The zero-order valence-corrected chi connectivity index (χ0v) is 14.5. The topological polar surface area (TPSA) is 67.2 Å². The Morgan fingerprint density at radius 1 is 1.40 bits per heavy atom. The van der Waals surface area contributed by atoms with Gasteiger partial charge >= 0.3 is 6.18 Å². The Balaban J connectivity index is 2.13. The van der Waals surface area contributed by atoms with Gasteiger partial charge in [0.2, 0.25) is 5.60 Å². The molecule has 2 N–H and O–H groups in total. The van der Waals surface area contributed by atoms with E-state index in [1.54, 1.807) is 0 Å². The lowest BCUT2D eigenvalue weighted by atomic mass is 9.97. The average Bonchev–Trinajstić information content (AvgIpc) is 2.94. The number of nitrogens with one attached hydrogen (secondary N) is 1. The third kappa shape index (κ3) is 4.01.